The number of carbonyl (C=O) groups excluding carboxylic acids is 1. The lowest BCUT2D eigenvalue weighted by Crippen LogP contribution is -2.22. The van der Waals surface area contributed by atoms with Crippen molar-refractivity contribution in [2.24, 2.45) is 0 Å². The van der Waals surface area contributed by atoms with Gasteiger partial charge >= 0.3 is 10.1 Å². The summed E-state index contributed by atoms with van der Waals surface area (Å²) >= 11 is 9.71. The highest BCUT2D eigenvalue weighted by Gasteiger charge is 2.29. The highest BCUT2D eigenvalue weighted by Crippen LogP contribution is 2.40. The average molecular weight is 528 g/mol. The Balaban J connectivity index is 1.99. The lowest BCUT2D eigenvalue weighted by Gasteiger charge is -2.14. The number of aryl methyl sites for hydroxylation is 1. The first-order valence-corrected chi connectivity index (χ1v) is 12.2. The highest BCUT2D eigenvalue weighted by molar-refractivity contribution is 9.10. The minimum Gasteiger partial charge on any atom is -0.490 e. The van der Waals surface area contributed by atoms with E-state index in [1.807, 2.05) is 6.92 Å². The van der Waals surface area contributed by atoms with E-state index >= 15 is 0 Å². The Bertz CT molecular complexity index is 1140. The molecule has 0 aromatic heterocycles. The molecule has 1 amide bonds. The number of nitrogens with zero attached hydrogens (tertiary/aromatic N) is 1. The van der Waals surface area contributed by atoms with Crippen LogP contribution in [0.25, 0.3) is 6.08 Å². The first-order chi connectivity index (χ1) is 14.1. The molecule has 0 saturated carbocycles. The molecule has 3 rings (SSSR count). The molecule has 10 heteroatoms. The predicted octanol–water partition coefficient (Wildman–Crippen LogP) is 4.75. The standard InChI is InChI=1S/C20H18BrNO5S3/c1-4-26-16-10-13(11-17-19(23)22(3)20(28)29-17)9-15(21)18(16)27-30(24,25)14-7-5-12(2)6-8-14/h5-11H,4H2,1-3H3/b17-11+. The molecule has 2 aromatic rings. The van der Waals surface area contributed by atoms with Gasteiger partial charge in [-0.1, -0.05) is 41.7 Å². The van der Waals surface area contributed by atoms with Crippen molar-refractivity contribution in [2.45, 2.75) is 18.7 Å². The molecule has 2 aromatic carbocycles. The van der Waals surface area contributed by atoms with E-state index in [0.717, 1.165) is 5.56 Å². The van der Waals surface area contributed by atoms with E-state index in [1.165, 1.54) is 28.8 Å². The van der Waals surface area contributed by atoms with E-state index in [2.05, 4.69) is 15.9 Å². The van der Waals surface area contributed by atoms with Crippen LogP contribution in [0.4, 0.5) is 0 Å². The minimum absolute atomic E-state index is 0.0395. The molecular formula is C20H18BrNO5S3. The van der Waals surface area contributed by atoms with Crippen molar-refractivity contribution in [2.75, 3.05) is 13.7 Å². The van der Waals surface area contributed by atoms with Gasteiger partial charge in [-0.3, -0.25) is 9.69 Å². The molecule has 1 aliphatic rings. The van der Waals surface area contributed by atoms with Crippen LogP contribution in [0.1, 0.15) is 18.1 Å². The average Bonchev–Trinajstić information content (AvgIpc) is 2.92. The Labute approximate surface area is 193 Å². The van der Waals surface area contributed by atoms with Crippen LogP contribution < -0.4 is 8.92 Å². The first kappa shape index (κ1) is 22.8. The smallest absolute Gasteiger partial charge is 0.339 e. The van der Waals surface area contributed by atoms with Gasteiger partial charge in [0.15, 0.2) is 11.5 Å². The number of halogens is 1. The van der Waals surface area contributed by atoms with Gasteiger partial charge in [0.2, 0.25) is 0 Å². The molecule has 1 fully saturated rings. The van der Waals surface area contributed by atoms with Gasteiger partial charge in [-0.25, -0.2) is 0 Å². The lowest BCUT2D eigenvalue weighted by atomic mass is 10.2. The SMILES string of the molecule is CCOc1cc(/C=C2/SC(=S)N(C)C2=O)cc(Br)c1OS(=O)(=O)c1ccc(C)cc1. The van der Waals surface area contributed by atoms with Crippen molar-refractivity contribution in [1.82, 2.24) is 4.90 Å². The molecule has 0 aliphatic carbocycles. The molecule has 158 valence electrons. The van der Waals surface area contributed by atoms with Gasteiger partial charge in [0.25, 0.3) is 5.91 Å². The second kappa shape index (κ2) is 9.09. The van der Waals surface area contributed by atoms with Gasteiger partial charge in [0.1, 0.15) is 9.22 Å². The number of thioether (sulfide) groups is 1. The zero-order chi connectivity index (χ0) is 22.1. The first-order valence-electron chi connectivity index (χ1n) is 8.81. The van der Waals surface area contributed by atoms with E-state index in [4.69, 9.17) is 21.1 Å². The number of hydrogen-bond acceptors (Lipinski definition) is 7. The summed E-state index contributed by atoms with van der Waals surface area (Å²) in [6.07, 6.45) is 1.67. The number of carbonyl (C=O) groups is 1. The molecule has 1 saturated heterocycles. The summed E-state index contributed by atoms with van der Waals surface area (Å²) in [4.78, 5) is 14.2. The summed E-state index contributed by atoms with van der Waals surface area (Å²) in [5, 5.41) is 0. The molecule has 1 aliphatic heterocycles. The van der Waals surface area contributed by atoms with Crippen LogP contribution in [0.5, 0.6) is 11.5 Å². The Kier molecular flexibility index (Phi) is 6.91. The number of likely N-dealkylation sites (N-methyl/N-ethyl adjacent to an activating group) is 1. The topological polar surface area (TPSA) is 72.9 Å². The molecule has 6 nitrogen and oxygen atoms in total. The van der Waals surface area contributed by atoms with Gasteiger partial charge in [0, 0.05) is 7.05 Å². The van der Waals surface area contributed by atoms with Gasteiger partial charge in [-0.05, 0) is 65.7 Å². The third kappa shape index (κ3) is 4.88. The maximum atomic E-state index is 12.7. The molecule has 0 radical (unpaired) electrons. The third-order valence-electron chi connectivity index (χ3n) is 4.12. The molecule has 0 N–H and O–H groups in total. The van der Waals surface area contributed by atoms with Crippen LogP contribution in [0.3, 0.4) is 0 Å². The summed E-state index contributed by atoms with van der Waals surface area (Å²) in [5.41, 5.74) is 1.58. The van der Waals surface area contributed by atoms with Crippen molar-refractivity contribution in [3.63, 3.8) is 0 Å². The third-order valence-corrected chi connectivity index (χ3v) is 7.43. The Hall–Kier alpha value is -1.88. The Morgan fingerprint density at radius 3 is 2.47 bits per heavy atom. The minimum atomic E-state index is -4.06. The number of amides is 1. The molecule has 0 spiro atoms. The summed E-state index contributed by atoms with van der Waals surface area (Å²) in [5.74, 6) is 0.0831. The number of thiocarbonyl (C=S) groups is 1. The molecule has 1 heterocycles. The van der Waals surface area contributed by atoms with Crippen molar-refractivity contribution in [3.8, 4) is 11.5 Å². The molecule has 0 bridgehead atoms. The zero-order valence-electron chi connectivity index (χ0n) is 16.3. The van der Waals surface area contributed by atoms with Crippen LogP contribution in [0.15, 0.2) is 50.7 Å². The maximum Gasteiger partial charge on any atom is 0.339 e. The fourth-order valence-corrected chi connectivity index (χ4v) is 5.36. The fourth-order valence-electron chi connectivity index (χ4n) is 2.57. The molecule has 30 heavy (non-hydrogen) atoms. The molecular weight excluding hydrogens is 510 g/mol. The molecule has 0 atom stereocenters. The van der Waals surface area contributed by atoms with E-state index in [1.54, 1.807) is 44.3 Å². The number of hydrogen-bond donors (Lipinski definition) is 0. The number of ether oxygens (including phenoxy) is 1. The second-order valence-corrected chi connectivity index (χ2v) is 10.4. The Morgan fingerprint density at radius 1 is 1.23 bits per heavy atom. The van der Waals surface area contributed by atoms with E-state index in [0.29, 0.717) is 25.9 Å². The largest absolute Gasteiger partial charge is 0.490 e. The summed E-state index contributed by atoms with van der Waals surface area (Å²) in [7, 11) is -2.44. The summed E-state index contributed by atoms with van der Waals surface area (Å²) < 4.78 is 37.3. The van der Waals surface area contributed by atoms with Crippen LogP contribution in [-0.4, -0.2) is 37.2 Å². The summed E-state index contributed by atoms with van der Waals surface area (Å²) in [6.45, 7) is 3.95. The second-order valence-electron chi connectivity index (χ2n) is 6.35. The van der Waals surface area contributed by atoms with E-state index in [-0.39, 0.29) is 22.3 Å². The fraction of sp³-hybridized carbons (Fsp3) is 0.200. The monoisotopic (exact) mass is 527 g/mol. The van der Waals surface area contributed by atoms with Crippen molar-refractivity contribution < 1.29 is 22.1 Å². The Morgan fingerprint density at radius 2 is 1.90 bits per heavy atom. The zero-order valence-corrected chi connectivity index (χ0v) is 20.4. The van der Waals surface area contributed by atoms with Gasteiger partial charge in [-0.15, -0.1) is 0 Å². The van der Waals surface area contributed by atoms with Gasteiger partial charge in [-0.2, -0.15) is 8.42 Å². The van der Waals surface area contributed by atoms with Crippen molar-refractivity contribution in [1.29, 1.82) is 0 Å². The quantitative estimate of drug-likeness (QED) is 0.304. The van der Waals surface area contributed by atoms with Crippen LogP contribution in [0.2, 0.25) is 0 Å². The normalized spacial score (nSPS) is 15.7. The van der Waals surface area contributed by atoms with E-state index < -0.39 is 10.1 Å². The van der Waals surface area contributed by atoms with E-state index in [9.17, 15) is 13.2 Å². The van der Waals surface area contributed by atoms with Gasteiger partial charge < -0.3 is 8.92 Å². The lowest BCUT2D eigenvalue weighted by molar-refractivity contribution is -0.121. The van der Waals surface area contributed by atoms with Crippen LogP contribution in [0, 0.1) is 6.92 Å². The predicted molar refractivity (Wildman–Crippen MR) is 125 cm³/mol. The van der Waals surface area contributed by atoms with Crippen LogP contribution >= 0.6 is 39.9 Å². The van der Waals surface area contributed by atoms with Crippen LogP contribution in [-0.2, 0) is 14.9 Å². The van der Waals surface area contributed by atoms with Gasteiger partial charge in [0.05, 0.1) is 16.0 Å². The number of benzene rings is 2. The maximum absolute atomic E-state index is 12.7. The highest BCUT2D eigenvalue weighted by atomic mass is 79.9. The number of rotatable bonds is 6. The van der Waals surface area contributed by atoms with Crippen molar-refractivity contribution >= 4 is 66.3 Å². The summed E-state index contributed by atoms with van der Waals surface area (Å²) in [6, 6.07) is 9.64. The molecule has 0 unspecified atom stereocenters. The van der Waals surface area contributed by atoms with Crippen molar-refractivity contribution in [3.05, 3.63) is 56.9 Å².